The second-order valence-corrected chi connectivity index (χ2v) is 7.44. The molecule has 3 N–H and O–H groups in total. The van der Waals surface area contributed by atoms with Crippen molar-refractivity contribution in [2.24, 2.45) is 5.92 Å². The van der Waals surface area contributed by atoms with E-state index in [1.807, 2.05) is 0 Å². The number of nitrogen functional groups attached to an aromatic ring is 1. The van der Waals surface area contributed by atoms with Gasteiger partial charge in [0.2, 0.25) is 0 Å². The van der Waals surface area contributed by atoms with E-state index in [2.05, 4.69) is 26.8 Å². The molecule has 0 aromatic carbocycles. The highest BCUT2D eigenvalue weighted by Crippen LogP contribution is 2.22. The summed E-state index contributed by atoms with van der Waals surface area (Å²) in [6.45, 7) is 5.64. The highest BCUT2D eigenvalue weighted by molar-refractivity contribution is 5.81. The molecule has 1 fully saturated rings. The van der Waals surface area contributed by atoms with Crippen molar-refractivity contribution >= 4 is 23.0 Å². The van der Waals surface area contributed by atoms with Gasteiger partial charge in [-0.1, -0.05) is 13.3 Å². The summed E-state index contributed by atoms with van der Waals surface area (Å²) < 4.78 is 11.9. The maximum absolute atomic E-state index is 12.5. The van der Waals surface area contributed by atoms with Gasteiger partial charge in [0.15, 0.2) is 11.5 Å². The van der Waals surface area contributed by atoms with Crippen LogP contribution in [0, 0.1) is 5.92 Å². The molecule has 0 bridgehead atoms. The van der Waals surface area contributed by atoms with Crippen molar-refractivity contribution in [3.05, 3.63) is 10.5 Å². The topological polar surface area (TPSA) is 128 Å². The zero-order valence-corrected chi connectivity index (χ0v) is 17.1. The van der Waals surface area contributed by atoms with Crippen LogP contribution in [-0.2, 0) is 16.1 Å². The van der Waals surface area contributed by atoms with E-state index in [9.17, 15) is 9.59 Å². The van der Waals surface area contributed by atoms with Crippen LogP contribution in [-0.4, -0.2) is 63.7 Å². The fraction of sp³-hybridized carbons (Fsp3) is 0.684. The van der Waals surface area contributed by atoms with E-state index < -0.39 is 0 Å². The molecule has 0 atom stereocenters. The number of nitrogens with one attached hydrogen (secondary N) is 1. The van der Waals surface area contributed by atoms with Gasteiger partial charge in [0, 0.05) is 13.1 Å². The van der Waals surface area contributed by atoms with Crippen LogP contribution < -0.4 is 16.2 Å². The molecule has 0 spiro atoms. The van der Waals surface area contributed by atoms with Gasteiger partial charge in [-0.05, 0) is 38.3 Å². The van der Waals surface area contributed by atoms with Crippen LogP contribution in [0.15, 0.2) is 4.79 Å². The number of H-pyrrole nitrogens is 1. The Morgan fingerprint density at radius 2 is 2.07 bits per heavy atom. The van der Waals surface area contributed by atoms with Gasteiger partial charge in [-0.2, -0.15) is 9.97 Å². The number of fused-ring (bicyclic) bond motifs is 1. The number of nitrogens with two attached hydrogens (primary N) is 1. The summed E-state index contributed by atoms with van der Waals surface area (Å²) >= 11 is 0. The van der Waals surface area contributed by atoms with E-state index in [1.54, 1.807) is 4.57 Å². The van der Waals surface area contributed by atoms with Crippen LogP contribution in [0.2, 0.25) is 0 Å². The van der Waals surface area contributed by atoms with E-state index >= 15 is 0 Å². The Bertz CT molecular complexity index is 885. The number of aromatic amines is 1. The highest BCUT2D eigenvalue weighted by Gasteiger charge is 2.23. The number of rotatable bonds is 9. The van der Waals surface area contributed by atoms with Gasteiger partial charge in [0.05, 0.1) is 20.1 Å². The number of ether oxygens (including phenoxy) is 2. The number of carbonyl (C=O) groups is 1. The van der Waals surface area contributed by atoms with Gasteiger partial charge in [0.1, 0.15) is 5.52 Å². The fourth-order valence-corrected chi connectivity index (χ4v) is 3.57. The molecule has 0 unspecified atom stereocenters. The van der Waals surface area contributed by atoms with E-state index in [0.717, 1.165) is 38.8 Å². The standard InChI is InChI=1S/C19H30N6O4/c1-3-4-11-29-18-22-16(20)15-17(23-18)25(19(27)21-15)12-13-5-8-24(9-6-13)10-7-14(26)28-2/h13H,3-12H2,1-2H3,(H,21,27)(H2,20,22,23). The lowest BCUT2D eigenvalue weighted by Crippen LogP contribution is -2.37. The second-order valence-electron chi connectivity index (χ2n) is 7.44. The quantitative estimate of drug-likeness (QED) is 0.469. The number of carbonyl (C=O) groups excluding carboxylic acids is 1. The fourth-order valence-electron chi connectivity index (χ4n) is 3.57. The molecular weight excluding hydrogens is 376 g/mol. The molecule has 0 saturated carbocycles. The summed E-state index contributed by atoms with van der Waals surface area (Å²) in [5.41, 5.74) is 6.71. The monoisotopic (exact) mass is 406 g/mol. The minimum atomic E-state index is -0.236. The summed E-state index contributed by atoms with van der Waals surface area (Å²) in [5.74, 6) is 0.378. The molecule has 2 aromatic heterocycles. The lowest BCUT2D eigenvalue weighted by Gasteiger charge is -2.31. The number of hydrogen-bond acceptors (Lipinski definition) is 8. The molecule has 0 radical (unpaired) electrons. The number of piperidine rings is 1. The SMILES string of the molecule is CCCCOc1nc(N)c2[nH]c(=O)n(CC3CCN(CCC(=O)OC)CC3)c2n1. The van der Waals surface area contributed by atoms with Gasteiger partial charge in [-0.25, -0.2) is 4.79 Å². The molecule has 3 heterocycles. The van der Waals surface area contributed by atoms with E-state index in [0.29, 0.717) is 43.2 Å². The molecule has 1 aliphatic heterocycles. The number of methoxy groups -OCH3 is 1. The summed E-state index contributed by atoms with van der Waals surface area (Å²) in [7, 11) is 1.41. The number of esters is 1. The number of hydrogen-bond donors (Lipinski definition) is 2. The molecule has 10 nitrogen and oxygen atoms in total. The largest absolute Gasteiger partial charge is 0.469 e. The Kier molecular flexibility index (Phi) is 7.08. The zero-order valence-electron chi connectivity index (χ0n) is 17.1. The third-order valence-electron chi connectivity index (χ3n) is 5.37. The van der Waals surface area contributed by atoms with E-state index in [-0.39, 0.29) is 23.5 Å². The van der Waals surface area contributed by atoms with E-state index in [4.69, 9.17) is 15.2 Å². The minimum absolute atomic E-state index is 0.188. The van der Waals surface area contributed by atoms with Gasteiger partial charge >= 0.3 is 17.7 Å². The van der Waals surface area contributed by atoms with E-state index in [1.165, 1.54) is 7.11 Å². The van der Waals surface area contributed by atoms with Gasteiger partial charge in [-0.3, -0.25) is 9.36 Å². The van der Waals surface area contributed by atoms with Crippen molar-refractivity contribution in [2.45, 2.75) is 45.6 Å². The Morgan fingerprint density at radius 3 is 2.76 bits per heavy atom. The first-order valence-corrected chi connectivity index (χ1v) is 10.2. The van der Waals surface area contributed by atoms with Crippen LogP contribution in [0.3, 0.4) is 0 Å². The summed E-state index contributed by atoms with van der Waals surface area (Å²) in [4.78, 5) is 37.4. The lowest BCUT2D eigenvalue weighted by molar-refractivity contribution is -0.141. The number of anilines is 1. The molecule has 0 amide bonds. The molecule has 0 aliphatic carbocycles. The molecule has 2 aromatic rings. The predicted octanol–water partition coefficient (Wildman–Crippen LogP) is 1.16. The molecular formula is C19H30N6O4. The Hall–Kier alpha value is -2.62. The average Bonchev–Trinajstić information content (AvgIpc) is 3.03. The van der Waals surface area contributed by atoms with Crippen LogP contribution in [0.4, 0.5) is 5.82 Å². The first-order chi connectivity index (χ1) is 14.0. The summed E-state index contributed by atoms with van der Waals surface area (Å²) in [5, 5.41) is 0. The van der Waals surface area contributed by atoms with Crippen LogP contribution >= 0.6 is 0 Å². The van der Waals surface area contributed by atoms with Crippen molar-refractivity contribution in [1.29, 1.82) is 0 Å². The molecule has 3 rings (SSSR count). The molecule has 1 aliphatic rings. The summed E-state index contributed by atoms with van der Waals surface area (Å²) in [6.07, 6.45) is 4.20. The number of aromatic nitrogens is 4. The third-order valence-corrected chi connectivity index (χ3v) is 5.37. The highest BCUT2D eigenvalue weighted by atomic mass is 16.5. The maximum Gasteiger partial charge on any atom is 0.327 e. The Morgan fingerprint density at radius 1 is 1.31 bits per heavy atom. The number of imidazole rings is 1. The zero-order chi connectivity index (χ0) is 20.8. The van der Waals surface area contributed by atoms with Gasteiger partial charge in [-0.15, -0.1) is 0 Å². The molecule has 1 saturated heterocycles. The normalized spacial score (nSPS) is 15.7. The van der Waals surface area contributed by atoms with Crippen molar-refractivity contribution in [1.82, 2.24) is 24.4 Å². The van der Waals surface area contributed by atoms with Crippen molar-refractivity contribution in [3.63, 3.8) is 0 Å². The van der Waals surface area contributed by atoms with Crippen molar-refractivity contribution < 1.29 is 14.3 Å². The Labute approximate surface area is 169 Å². The predicted molar refractivity (Wildman–Crippen MR) is 109 cm³/mol. The average molecular weight is 406 g/mol. The first kappa shape index (κ1) is 21.1. The number of nitrogens with zero attached hydrogens (tertiary/aromatic N) is 4. The molecule has 29 heavy (non-hydrogen) atoms. The van der Waals surface area contributed by atoms with Crippen LogP contribution in [0.5, 0.6) is 6.01 Å². The Balaban J connectivity index is 1.66. The van der Waals surface area contributed by atoms with Gasteiger partial charge in [0.25, 0.3) is 0 Å². The smallest absolute Gasteiger partial charge is 0.327 e. The first-order valence-electron chi connectivity index (χ1n) is 10.2. The van der Waals surface area contributed by atoms with Crippen LogP contribution in [0.25, 0.3) is 11.2 Å². The third kappa shape index (κ3) is 5.26. The van der Waals surface area contributed by atoms with Crippen molar-refractivity contribution in [2.75, 3.05) is 39.1 Å². The second kappa shape index (κ2) is 9.73. The van der Waals surface area contributed by atoms with Crippen molar-refractivity contribution in [3.8, 4) is 6.01 Å². The van der Waals surface area contributed by atoms with Gasteiger partial charge < -0.3 is 25.1 Å². The number of unbranched alkanes of at least 4 members (excludes halogenated alkanes) is 1. The van der Waals surface area contributed by atoms with Crippen LogP contribution in [0.1, 0.15) is 39.0 Å². The molecule has 10 heteroatoms. The maximum atomic E-state index is 12.5. The summed E-state index contributed by atoms with van der Waals surface area (Å²) in [6, 6.07) is 0.203. The lowest BCUT2D eigenvalue weighted by atomic mass is 9.96. The molecule has 160 valence electrons. The minimum Gasteiger partial charge on any atom is -0.469 e. The number of likely N-dealkylation sites (tertiary alicyclic amines) is 1.